The second kappa shape index (κ2) is 4.99. The molecular formula is C9H16N2O2. The summed E-state index contributed by atoms with van der Waals surface area (Å²) in [6.45, 7) is 5.74. The monoisotopic (exact) mass is 184 g/mol. The molecule has 74 valence electrons. The lowest BCUT2D eigenvalue weighted by Crippen LogP contribution is -2.04. The summed E-state index contributed by atoms with van der Waals surface area (Å²) in [5.74, 6) is 0.838. The molecule has 13 heavy (non-hydrogen) atoms. The van der Waals surface area contributed by atoms with Gasteiger partial charge in [-0.05, 0) is 26.8 Å². The normalized spacial score (nSPS) is 10.7. The predicted octanol–water partition coefficient (Wildman–Crippen LogP) is 1.16. The molecule has 0 saturated heterocycles. The SMILES string of the molecule is Cc1noc(C)c1COCCCN. The van der Waals surface area contributed by atoms with Crippen LogP contribution in [0.3, 0.4) is 0 Å². The topological polar surface area (TPSA) is 61.3 Å². The molecule has 0 fully saturated rings. The van der Waals surface area contributed by atoms with Crippen molar-refractivity contribution in [2.45, 2.75) is 26.9 Å². The van der Waals surface area contributed by atoms with Gasteiger partial charge in [-0.15, -0.1) is 0 Å². The first kappa shape index (κ1) is 10.2. The van der Waals surface area contributed by atoms with E-state index in [-0.39, 0.29) is 0 Å². The average molecular weight is 184 g/mol. The third-order valence-corrected chi connectivity index (χ3v) is 1.92. The molecule has 0 bridgehead atoms. The van der Waals surface area contributed by atoms with Crippen molar-refractivity contribution in [1.29, 1.82) is 0 Å². The van der Waals surface area contributed by atoms with Crippen LogP contribution in [-0.2, 0) is 11.3 Å². The van der Waals surface area contributed by atoms with Gasteiger partial charge in [0.15, 0.2) is 0 Å². The van der Waals surface area contributed by atoms with E-state index in [0.717, 1.165) is 23.4 Å². The minimum Gasteiger partial charge on any atom is -0.377 e. The molecular weight excluding hydrogens is 168 g/mol. The summed E-state index contributed by atoms with van der Waals surface area (Å²) in [7, 11) is 0. The van der Waals surface area contributed by atoms with E-state index in [1.54, 1.807) is 0 Å². The molecule has 0 unspecified atom stereocenters. The Hall–Kier alpha value is -0.870. The van der Waals surface area contributed by atoms with Crippen LogP contribution in [0.2, 0.25) is 0 Å². The molecule has 1 aromatic rings. The average Bonchev–Trinajstić information content (AvgIpc) is 2.42. The molecule has 0 aromatic carbocycles. The molecule has 1 heterocycles. The number of hydrogen-bond acceptors (Lipinski definition) is 4. The standard InChI is InChI=1S/C9H16N2O2/c1-7-9(8(2)13-11-7)6-12-5-3-4-10/h3-6,10H2,1-2H3. The van der Waals surface area contributed by atoms with E-state index in [1.807, 2.05) is 13.8 Å². The smallest absolute Gasteiger partial charge is 0.139 e. The molecule has 0 saturated carbocycles. The van der Waals surface area contributed by atoms with Crippen molar-refractivity contribution in [2.24, 2.45) is 5.73 Å². The first-order valence-electron chi connectivity index (χ1n) is 4.45. The van der Waals surface area contributed by atoms with E-state index < -0.39 is 0 Å². The Labute approximate surface area is 78.0 Å². The zero-order chi connectivity index (χ0) is 9.68. The minimum absolute atomic E-state index is 0.571. The predicted molar refractivity (Wildman–Crippen MR) is 49.3 cm³/mol. The van der Waals surface area contributed by atoms with Crippen molar-refractivity contribution in [1.82, 2.24) is 5.16 Å². The van der Waals surface area contributed by atoms with Gasteiger partial charge in [-0.25, -0.2) is 0 Å². The third kappa shape index (κ3) is 2.82. The van der Waals surface area contributed by atoms with Crippen LogP contribution in [0.1, 0.15) is 23.4 Å². The largest absolute Gasteiger partial charge is 0.377 e. The van der Waals surface area contributed by atoms with Crippen LogP contribution in [-0.4, -0.2) is 18.3 Å². The van der Waals surface area contributed by atoms with Crippen molar-refractivity contribution in [3.8, 4) is 0 Å². The second-order valence-corrected chi connectivity index (χ2v) is 3.00. The quantitative estimate of drug-likeness (QED) is 0.697. The summed E-state index contributed by atoms with van der Waals surface area (Å²) in [4.78, 5) is 0. The number of nitrogens with zero attached hydrogens (tertiary/aromatic N) is 1. The molecule has 0 aliphatic heterocycles. The second-order valence-electron chi connectivity index (χ2n) is 3.00. The van der Waals surface area contributed by atoms with Crippen molar-refractivity contribution in [3.63, 3.8) is 0 Å². The van der Waals surface area contributed by atoms with Crippen LogP contribution in [0, 0.1) is 13.8 Å². The highest BCUT2D eigenvalue weighted by Gasteiger charge is 2.07. The maximum absolute atomic E-state index is 5.40. The summed E-state index contributed by atoms with van der Waals surface area (Å²) in [6, 6.07) is 0. The molecule has 0 spiro atoms. The number of ether oxygens (including phenoxy) is 1. The van der Waals surface area contributed by atoms with E-state index in [1.165, 1.54) is 0 Å². The molecule has 0 aliphatic carbocycles. The highest BCUT2D eigenvalue weighted by atomic mass is 16.5. The Morgan fingerprint density at radius 3 is 2.77 bits per heavy atom. The Balaban J connectivity index is 2.36. The molecule has 2 N–H and O–H groups in total. The van der Waals surface area contributed by atoms with E-state index in [9.17, 15) is 0 Å². The summed E-state index contributed by atoms with van der Waals surface area (Å²) in [5.41, 5.74) is 7.30. The van der Waals surface area contributed by atoms with E-state index in [0.29, 0.717) is 19.8 Å². The number of hydrogen-bond donors (Lipinski definition) is 1. The maximum Gasteiger partial charge on any atom is 0.139 e. The lowest BCUT2D eigenvalue weighted by Gasteiger charge is -2.01. The van der Waals surface area contributed by atoms with Gasteiger partial charge in [0, 0.05) is 12.2 Å². The van der Waals surface area contributed by atoms with Gasteiger partial charge in [-0.2, -0.15) is 0 Å². The lowest BCUT2D eigenvalue weighted by molar-refractivity contribution is 0.118. The van der Waals surface area contributed by atoms with Gasteiger partial charge >= 0.3 is 0 Å². The molecule has 4 nitrogen and oxygen atoms in total. The van der Waals surface area contributed by atoms with E-state index >= 15 is 0 Å². The molecule has 0 aliphatic rings. The molecule has 0 atom stereocenters. The third-order valence-electron chi connectivity index (χ3n) is 1.92. The highest BCUT2D eigenvalue weighted by Crippen LogP contribution is 2.12. The van der Waals surface area contributed by atoms with E-state index in [4.69, 9.17) is 15.0 Å². The van der Waals surface area contributed by atoms with Crippen LogP contribution in [0.5, 0.6) is 0 Å². The van der Waals surface area contributed by atoms with Gasteiger partial charge in [0.05, 0.1) is 12.3 Å². The van der Waals surface area contributed by atoms with Crippen molar-refractivity contribution in [3.05, 3.63) is 17.0 Å². The van der Waals surface area contributed by atoms with Gasteiger partial charge in [0.25, 0.3) is 0 Å². The minimum atomic E-state index is 0.571. The zero-order valence-corrected chi connectivity index (χ0v) is 8.17. The Morgan fingerprint density at radius 1 is 1.46 bits per heavy atom. The van der Waals surface area contributed by atoms with Crippen molar-refractivity contribution < 1.29 is 9.26 Å². The summed E-state index contributed by atoms with van der Waals surface area (Å²) < 4.78 is 10.4. The van der Waals surface area contributed by atoms with Gasteiger partial charge < -0.3 is 15.0 Å². The lowest BCUT2D eigenvalue weighted by atomic mass is 10.2. The molecule has 4 heteroatoms. The van der Waals surface area contributed by atoms with Crippen LogP contribution in [0.4, 0.5) is 0 Å². The number of nitrogens with two attached hydrogens (primary N) is 1. The number of rotatable bonds is 5. The van der Waals surface area contributed by atoms with Crippen LogP contribution in [0.25, 0.3) is 0 Å². The molecule has 0 radical (unpaired) electrons. The Morgan fingerprint density at radius 2 is 2.23 bits per heavy atom. The first-order valence-corrected chi connectivity index (χ1v) is 4.45. The molecule has 1 rings (SSSR count). The van der Waals surface area contributed by atoms with Gasteiger partial charge in [-0.3, -0.25) is 0 Å². The van der Waals surface area contributed by atoms with Gasteiger partial charge in [0.1, 0.15) is 5.76 Å². The number of aromatic nitrogens is 1. The highest BCUT2D eigenvalue weighted by molar-refractivity contribution is 5.19. The fraction of sp³-hybridized carbons (Fsp3) is 0.667. The van der Waals surface area contributed by atoms with Gasteiger partial charge in [-0.1, -0.05) is 5.16 Å². The van der Waals surface area contributed by atoms with E-state index in [2.05, 4.69) is 5.16 Å². The van der Waals surface area contributed by atoms with Crippen LogP contribution < -0.4 is 5.73 Å². The van der Waals surface area contributed by atoms with Crippen LogP contribution in [0.15, 0.2) is 4.52 Å². The Bertz CT molecular complexity index is 239. The van der Waals surface area contributed by atoms with Crippen molar-refractivity contribution in [2.75, 3.05) is 13.2 Å². The fourth-order valence-electron chi connectivity index (χ4n) is 1.07. The fourth-order valence-corrected chi connectivity index (χ4v) is 1.07. The summed E-state index contributed by atoms with van der Waals surface area (Å²) in [6.07, 6.45) is 0.892. The zero-order valence-electron chi connectivity index (χ0n) is 8.17. The maximum atomic E-state index is 5.40. The van der Waals surface area contributed by atoms with Gasteiger partial charge in [0.2, 0.25) is 0 Å². The van der Waals surface area contributed by atoms with Crippen molar-refractivity contribution >= 4 is 0 Å². The van der Waals surface area contributed by atoms with Crippen LogP contribution >= 0.6 is 0 Å². The number of aryl methyl sites for hydroxylation is 2. The summed E-state index contributed by atoms with van der Waals surface area (Å²) in [5, 5.41) is 3.84. The molecule has 1 aromatic heterocycles. The first-order chi connectivity index (χ1) is 6.25. The molecule has 0 amide bonds. The summed E-state index contributed by atoms with van der Waals surface area (Å²) >= 11 is 0. The Kier molecular flexibility index (Phi) is 3.92.